The molecule has 0 amide bonds. The number of hydrogen-bond acceptors (Lipinski definition) is 2. The van der Waals surface area contributed by atoms with E-state index in [2.05, 4.69) is 48.5 Å². The molecule has 0 bridgehead atoms. The number of nitrogens with zero attached hydrogens (tertiary/aromatic N) is 1. The molecule has 1 aromatic rings. The van der Waals surface area contributed by atoms with E-state index in [9.17, 15) is 5.11 Å². The molecular weight excluding hydrogens is 290 g/mol. The highest BCUT2D eigenvalue weighted by atomic mass is 79.9. The van der Waals surface area contributed by atoms with Crippen LogP contribution in [-0.2, 0) is 6.54 Å². The van der Waals surface area contributed by atoms with Crippen LogP contribution in [0.15, 0.2) is 22.7 Å². The number of phenols is 1. The zero-order valence-electron chi connectivity index (χ0n) is 11.8. The normalized spacial score (nSPS) is 11.8. The predicted octanol–water partition coefficient (Wildman–Crippen LogP) is 4.27. The minimum Gasteiger partial charge on any atom is -0.508 e. The smallest absolute Gasteiger partial charge is 0.115 e. The molecule has 0 heterocycles. The molecule has 0 unspecified atom stereocenters. The zero-order valence-corrected chi connectivity index (χ0v) is 13.4. The van der Waals surface area contributed by atoms with E-state index in [0.29, 0.717) is 17.6 Å². The van der Waals surface area contributed by atoms with Gasteiger partial charge in [0.1, 0.15) is 5.75 Å². The quantitative estimate of drug-likeness (QED) is 0.847. The fourth-order valence-corrected chi connectivity index (χ4v) is 2.53. The summed E-state index contributed by atoms with van der Waals surface area (Å²) in [4.78, 5) is 2.45. The Hall–Kier alpha value is -0.540. The number of aromatic hydroxyl groups is 1. The first kappa shape index (κ1) is 15.5. The molecule has 0 atom stereocenters. The van der Waals surface area contributed by atoms with E-state index in [0.717, 1.165) is 29.7 Å². The summed E-state index contributed by atoms with van der Waals surface area (Å²) >= 11 is 3.55. The van der Waals surface area contributed by atoms with Gasteiger partial charge in [0.15, 0.2) is 0 Å². The third-order valence-corrected chi connectivity index (χ3v) is 3.44. The number of hydrogen-bond donors (Lipinski definition) is 1. The van der Waals surface area contributed by atoms with Crippen LogP contribution in [0.25, 0.3) is 0 Å². The number of benzene rings is 1. The lowest BCUT2D eigenvalue weighted by atomic mass is 10.1. The Balaban J connectivity index is 2.77. The lowest BCUT2D eigenvalue weighted by Gasteiger charge is -2.26. The molecule has 0 saturated heterocycles. The second-order valence-corrected chi connectivity index (χ2v) is 6.61. The Labute approximate surface area is 119 Å². The Morgan fingerprint density at radius 1 is 1.11 bits per heavy atom. The highest BCUT2D eigenvalue weighted by Crippen LogP contribution is 2.23. The molecule has 0 fully saturated rings. The summed E-state index contributed by atoms with van der Waals surface area (Å²) in [6, 6.07) is 5.47. The number of rotatable bonds is 6. The van der Waals surface area contributed by atoms with E-state index >= 15 is 0 Å². The molecule has 2 nitrogen and oxygen atoms in total. The fraction of sp³-hybridized carbons (Fsp3) is 0.600. The van der Waals surface area contributed by atoms with Crippen molar-refractivity contribution in [1.82, 2.24) is 4.90 Å². The first-order valence-corrected chi connectivity index (χ1v) is 7.37. The predicted molar refractivity (Wildman–Crippen MR) is 80.8 cm³/mol. The lowest BCUT2D eigenvalue weighted by molar-refractivity contribution is 0.211. The first-order valence-electron chi connectivity index (χ1n) is 6.58. The van der Waals surface area contributed by atoms with Gasteiger partial charge >= 0.3 is 0 Å². The minimum atomic E-state index is 0.335. The number of phenolic OH excluding ortho intramolecular Hbond substituents is 1. The van der Waals surface area contributed by atoms with Gasteiger partial charge in [0.2, 0.25) is 0 Å². The monoisotopic (exact) mass is 313 g/mol. The van der Waals surface area contributed by atoms with Crippen LogP contribution in [0.1, 0.15) is 33.3 Å². The number of halogens is 1. The van der Waals surface area contributed by atoms with Crippen LogP contribution < -0.4 is 0 Å². The zero-order chi connectivity index (χ0) is 13.7. The fourth-order valence-electron chi connectivity index (χ4n) is 2.16. The molecule has 0 saturated carbocycles. The maximum Gasteiger partial charge on any atom is 0.115 e. The van der Waals surface area contributed by atoms with E-state index in [1.54, 1.807) is 6.07 Å². The van der Waals surface area contributed by atoms with E-state index < -0.39 is 0 Å². The van der Waals surface area contributed by atoms with E-state index in [1.807, 2.05) is 12.1 Å². The molecule has 102 valence electrons. The van der Waals surface area contributed by atoms with Gasteiger partial charge in [-0.1, -0.05) is 43.6 Å². The molecule has 0 radical (unpaired) electrons. The van der Waals surface area contributed by atoms with Gasteiger partial charge in [-0.25, -0.2) is 0 Å². The van der Waals surface area contributed by atoms with Crippen molar-refractivity contribution in [2.24, 2.45) is 11.8 Å². The van der Waals surface area contributed by atoms with Crippen LogP contribution in [0.4, 0.5) is 0 Å². The van der Waals surface area contributed by atoms with Crippen molar-refractivity contribution in [2.75, 3.05) is 13.1 Å². The third-order valence-electron chi connectivity index (χ3n) is 2.67. The van der Waals surface area contributed by atoms with Gasteiger partial charge in [0.25, 0.3) is 0 Å². The second kappa shape index (κ2) is 7.15. The molecule has 18 heavy (non-hydrogen) atoms. The van der Waals surface area contributed by atoms with Gasteiger partial charge in [-0.15, -0.1) is 0 Å². The van der Waals surface area contributed by atoms with E-state index in [-0.39, 0.29) is 0 Å². The molecule has 1 aromatic carbocycles. The van der Waals surface area contributed by atoms with Crippen LogP contribution >= 0.6 is 15.9 Å². The van der Waals surface area contributed by atoms with Gasteiger partial charge < -0.3 is 5.11 Å². The van der Waals surface area contributed by atoms with Gasteiger partial charge in [-0.2, -0.15) is 0 Å². The first-order chi connectivity index (χ1) is 8.38. The molecule has 0 aromatic heterocycles. The summed E-state index contributed by atoms with van der Waals surface area (Å²) in [6.45, 7) is 12.0. The van der Waals surface area contributed by atoms with Crippen molar-refractivity contribution < 1.29 is 5.11 Å². The highest BCUT2D eigenvalue weighted by Gasteiger charge is 2.12. The van der Waals surface area contributed by atoms with E-state index in [1.165, 1.54) is 0 Å². The molecule has 1 rings (SSSR count). The molecule has 0 aliphatic rings. The molecule has 0 spiro atoms. The highest BCUT2D eigenvalue weighted by molar-refractivity contribution is 9.10. The van der Waals surface area contributed by atoms with Crippen LogP contribution in [0.3, 0.4) is 0 Å². The van der Waals surface area contributed by atoms with Crippen molar-refractivity contribution in [3.05, 3.63) is 28.2 Å². The van der Waals surface area contributed by atoms with Crippen LogP contribution in [0.2, 0.25) is 0 Å². The molecule has 0 aliphatic carbocycles. The minimum absolute atomic E-state index is 0.335. The second-order valence-electron chi connectivity index (χ2n) is 5.76. The van der Waals surface area contributed by atoms with Crippen LogP contribution in [-0.4, -0.2) is 23.1 Å². The Kier molecular flexibility index (Phi) is 6.16. The van der Waals surface area contributed by atoms with Crippen molar-refractivity contribution in [3.8, 4) is 5.75 Å². The maximum absolute atomic E-state index is 9.57. The van der Waals surface area contributed by atoms with Crippen molar-refractivity contribution in [1.29, 1.82) is 0 Å². The Morgan fingerprint density at radius 2 is 1.67 bits per heavy atom. The summed E-state index contributed by atoms with van der Waals surface area (Å²) in [5.41, 5.74) is 1.15. The SMILES string of the molecule is CC(C)CN(Cc1cc(O)ccc1Br)CC(C)C. The topological polar surface area (TPSA) is 23.5 Å². The van der Waals surface area contributed by atoms with Crippen LogP contribution in [0, 0.1) is 11.8 Å². The van der Waals surface area contributed by atoms with E-state index in [4.69, 9.17) is 0 Å². The standard InChI is InChI=1S/C15H24BrNO/c1-11(2)8-17(9-12(3)4)10-13-7-14(18)5-6-15(13)16/h5-7,11-12,18H,8-10H2,1-4H3. The summed E-state index contributed by atoms with van der Waals surface area (Å²) in [6.07, 6.45) is 0. The molecule has 0 aliphatic heterocycles. The summed E-state index contributed by atoms with van der Waals surface area (Å²) in [5, 5.41) is 9.57. The van der Waals surface area contributed by atoms with Gasteiger partial charge in [-0.05, 0) is 35.6 Å². The van der Waals surface area contributed by atoms with Crippen LogP contribution in [0.5, 0.6) is 5.75 Å². The summed E-state index contributed by atoms with van der Waals surface area (Å²) in [7, 11) is 0. The summed E-state index contributed by atoms with van der Waals surface area (Å²) in [5.74, 6) is 1.64. The Bertz CT molecular complexity index is 367. The van der Waals surface area contributed by atoms with Crippen molar-refractivity contribution in [2.45, 2.75) is 34.2 Å². The van der Waals surface area contributed by atoms with Crippen molar-refractivity contribution >= 4 is 15.9 Å². The summed E-state index contributed by atoms with van der Waals surface area (Å²) < 4.78 is 1.07. The van der Waals surface area contributed by atoms with Crippen molar-refractivity contribution in [3.63, 3.8) is 0 Å². The van der Waals surface area contributed by atoms with Gasteiger partial charge in [-0.3, -0.25) is 4.90 Å². The lowest BCUT2D eigenvalue weighted by Crippen LogP contribution is -2.31. The molecule has 1 N–H and O–H groups in total. The maximum atomic E-state index is 9.57. The molecular formula is C15H24BrNO. The molecule has 3 heteroatoms. The average molecular weight is 314 g/mol. The largest absolute Gasteiger partial charge is 0.508 e. The van der Waals surface area contributed by atoms with Gasteiger partial charge in [0.05, 0.1) is 0 Å². The third kappa shape index (κ3) is 5.40. The van der Waals surface area contributed by atoms with Gasteiger partial charge in [0, 0.05) is 24.1 Å². The Morgan fingerprint density at radius 3 is 2.17 bits per heavy atom. The average Bonchev–Trinajstić information content (AvgIpc) is 2.21.